The van der Waals surface area contributed by atoms with Crippen molar-refractivity contribution < 1.29 is 22.6 Å². The quantitative estimate of drug-likeness (QED) is 0.939. The molecule has 1 heterocycles. The molecule has 0 spiro atoms. The normalized spacial score (nSPS) is 11.2. The second-order valence-corrected chi connectivity index (χ2v) is 3.70. The number of nitrogens with two attached hydrogens (primary N) is 1. The van der Waals surface area contributed by atoms with Crippen molar-refractivity contribution >= 4 is 5.95 Å². The third-order valence-electron chi connectivity index (χ3n) is 2.31. The van der Waals surface area contributed by atoms with Crippen molar-refractivity contribution in [2.45, 2.75) is 6.18 Å². The zero-order valence-electron chi connectivity index (χ0n) is 10.3. The van der Waals surface area contributed by atoms with Crippen LogP contribution in [-0.4, -0.2) is 17.1 Å². The van der Waals surface area contributed by atoms with Crippen LogP contribution >= 0.6 is 0 Å². The van der Waals surface area contributed by atoms with Crippen molar-refractivity contribution in [2.24, 2.45) is 0 Å². The fourth-order valence-corrected chi connectivity index (χ4v) is 1.48. The fourth-order valence-electron chi connectivity index (χ4n) is 1.48. The Morgan fingerprint density at radius 1 is 1.10 bits per heavy atom. The third-order valence-corrected chi connectivity index (χ3v) is 2.31. The molecule has 0 aliphatic carbocycles. The first kappa shape index (κ1) is 13.9. The van der Waals surface area contributed by atoms with E-state index in [1.165, 1.54) is 31.4 Å². The van der Waals surface area contributed by atoms with Gasteiger partial charge in [0.1, 0.15) is 5.75 Å². The molecule has 5 nitrogen and oxygen atoms in total. The maximum Gasteiger partial charge on any atom is 0.419 e. The van der Waals surface area contributed by atoms with Crippen LogP contribution in [-0.2, 0) is 6.18 Å². The van der Waals surface area contributed by atoms with E-state index in [-0.39, 0.29) is 23.5 Å². The molecule has 1 aromatic heterocycles. The molecule has 1 aromatic carbocycles. The van der Waals surface area contributed by atoms with Gasteiger partial charge in [-0.3, -0.25) is 0 Å². The van der Waals surface area contributed by atoms with Crippen molar-refractivity contribution in [3.05, 3.63) is 35.9 Å². The lowest BCUT2D eigenvalue weighted by atomic mass is 10.2. The molecule has 0 unspecified atom stereocenters. The lowest BCUT2D eigenvalue weighted by Gasteiger charge is -2.13. The maximum absolute atomic E-state index is 12.8. The molecule has 0 saturated heterocycles. The number of nitrogens with zero attached hydrogens (tertiary/aromatic N) is 2. The van der Waals surface area contributed by atoms with E-state index in [9.17, 15) is 13.2 Å². The average Bonchev–Trinajstić information content (AvgIpc) is 2.37. The summed E-state index contributed by atoms with van der Waals surface area (Å²) in [4.78, 5) is 7.40. The minimum Gasteiger partial charge on any atom is -0.481 e. The zero-order chi connectivity index (χ0) is 14.8. The first-order valence-corrected chi connectivity index (χ1v) is 5.43. The first-order chi connectivity index (χ1) is 9.40. The summed E-state index contributed by atoms with van der Waals surface area (Å²) in [5.74, 6) is -0.577. The summed E-state index contributed by atoms with van der Waals surface area (Å²) in [6, 6.07) is 6.03. The lowest BCUT2D eigenvalue weighted by molar-refractivity contribution is -0.138. The first-order valence-electron chi connectivity index (χ1n) is 5.43. The summed E-state index contributed by atoms with van der Waals surface area (Å²) >= 11 is 0. The SMILES string of the molecule is COc1cc(Oc2ccccc2C(F)(F)F)nc(N)n1. The molecule has 0 bridgehead atoms. The van der Waals surface area contributed by atoms with Gasteiger partial charge in [-0.2, -0.15) is 23.1 Å². The molecule has 0 saturated carbocycles. The number of alkyl halides is 3. The third kappa shape index (κ3) is 3.08. The predicted octanol–water partition coefficient (Wildman–Crippen LogP) is 2.88. The van der Waals surface area contributed by atoms with Crippen LogP contribution in [0.2, 0.25) is 0 Å². The molecule has 8 heteroatoms. The van der Waals surface area contributed by atoms with Crippen LogP contribution in [0.25, 0.3) is 0 Å². The average molecular weight is 285 g/mol. The number of methoxy groups -OCH3 is 1. The van der Waals surface area contributed by atoms with Gasteiger partial charge in [0.05, 0.1) is 18.7 Å². The number of rotatable bonds is 3. The van der Waals surface area contributed by atoms with E-state index in [1.54, 1.807) is 0 Å². The number of aromatic nitrogens is 2. The van der Waals surface area contributed by atoms with E-state index >= 15 is 0 Å². The van der Waals surface area contributed by atoms with Crippen LogP contribution in [0, 0.1) is 0 Å². The molecule has 0 aliphatic heterocycles. The maximum atomic E-state index is 12.8. The van der Waals surface area contributed by atoms with Crippen LogP contribution in [0.3, 0.4) is 0 Å². The number of hydrogen-bond donors (Lipinski definition) is 1. The highest BCUT2D eigenvalue weighted by Crippen LogP contribution is 2.37. The monoisotopic (exact) mass is 285 g/mol. The van der Waals surface area contributed by atoms with Gasteiger partial charge in [-0.1, -0.05) is 12.1 Å². The van der Waals surface area contributed by atoms with Gasteiger partial charge in [0.25, 0.3) is 0 Å². The summed E-state index contributed by atoms with van der Waals surface area (Å²) in [5, 5.41) is 0. The largest absolute Gasteiger partial charge is 0.481 e. The van der Waals surface area contributed by atoms with Gasteiger partial charge >= 0.3 is 6.18 Å². The van der Waals surface area contributed by atoms with Gasteiger partial charge in [0, 0.05) is 0 Å². The molecule has 0 amide bonds. The lowest BCUT2D eigenvalue weighted by Crippen LogP contribution is -2.07. The highest BCUT2D eigenvalue weighted by molar-refractivity contribution is 5.39. The van der Waals surface area contributed by atoms with Crippen molar-refractivity contribution in [3.63, 3.8) is 0 Å². The highest BCUT2D eigenvalue weighted by atomic mass is 19.4. The number of anilines is 1. The summed E-state index contributed by atoms with van der Waals surface area (Å²) in [5.41, 5.74) is 4.50. The van der Waals surface area contributed by atoms with Gasteiger partial charge in [-0.15, -0.1) is 0 Å². The topological polar surface area (TPSA) is 70.3 Å². The van der Waals surface area contributed by atoms with E-state index in [0.717, 1.165) is 6.07 Å². The van der Waals surface area contributed by atoms with Gasteiger partial charge in [0.2, 0.25) is 17.7 Å². The Kier molecular flexibility index (Phi) is 3.64. The molecule has 0 atom stereocenters. The van der Waals surface area contributed by atoms with Crippen LogP contribution in [0.1, 0.15) is 5.56 Å². The number of benzene rings is 1. The fraction of sp³-hybridized carbons (Fsp3) is 0.167. The minimum atomic E-state index is -4.53. The number of para-hydroxylation sites is 1. The number of nitrogen functional groups attached to an aromatic ring is 1. The molecule has 0 radical (unpaired) electrons. The molecular weight excluding hydrogens is 275 g/mol. The standard InChI is InChI=1S/C12H10F3N3O2/c1-19-9-6-10(18-11(16)17-9)20-8-5-3-2-4-7(8)12(13,14)15/h2-6H,1H3,(H2,16,17,18). The molecule has 2 aromatic rings. The number of hydrogen-bond acceptors (Lipinski definition) is 5. The zero-order valence-corrected chi connectivity index (χ0v) is 10.3. The molecular formula is C12H10F3N3O2. The van der Waals surface area contributed by atoms with Crippen LogP contribution < -0.4 is 15.2 Å². The van der Waals surface area contributed by atoms with Gasteiger partial charge in [0.15, 0.2) is 0 Å². The summed E-state index contributed by atoms with van der Waals surface area (Å²) < 4.78 is 48.4. The van der Waals surface area contributed by atoms with E-state index < -0.39 is 11.7 Å². The smallest absolute Gasteiger partial charge is 0.419 e. The van der Waals surface area contributed by atoms with E-state index in [2.05, 4.69) is 9.97 Å². The second kappa shape index (κ2) is 5.24. The number of ether oxygens (including phenoxy) is 2. The van der Waals surface area contributed by atoms with Crippen molar-refractivity contribution in [2.75, 3.05) is 12.8 Å². The number of halogens is 3. The Morgan fingerprint density at radius 3 is 2.40 bits per heavy atom. The molecule has 0 fully saturated rings. The summed E-state index contributed by atoms with van der Waals surface area (Å²) in [7, 11) is 1.34. The van der Waals surface area contributed by atoms with E-state index in [0.29, 0.717) is 0 Å². The molecule has 2 N–H and O–H groups in total. The Morgan fingerprint density at radius 2 is 1.75 bits per heavy atom. The van der Waals surface area contributed by atoms with Crippen molar-refractivity contribution in [1.82, 2.24) is 9.97 Å². The Labute approximate surface area is 112 Å². The summed E-state index contributed by atoms with van der Waals surface area (Å²) in [6.07, 6.45) is -4.53. The van der Waals surface area contributed by atoms with Crippen molar-refractivity contribution in [1.29, 1.82) is 0 Å². The van der Waals surface area contributed by atoms with Crippen LogP contribution in [0.4, 0.5) is 19.1 Å². The van der Waals surface area contributed by atoms with Gasteiger partial charge < -0.3 is 15.2 Å². The van der Waals surface area contributed by atoms with Crippen LogP contribution in [0.5, 0.6) is 17.5 Å². The second-order valence-electron chi connectivity index (χ2n) is 3.70. The minimum absolute atomic E-state index is 0.0944. The Bertz CT molecular complexity index is 617. The van der Waals surface area contributed by atoms with Crippen LogP contribution in [0.15, 0.2) is 30.3 Å². The molecule has 106 valence electrons. The molecule has 2 rings (SSSR count). The predicted molar refractivity (Wildman–Crippen MR) is 64.5 cm³/mol. The Balaban J connectivity index is 2.38. The van der Waals surface area contributed by atoms with E-state index in [1.807, 2.05) is 0 Å². The van der Waals surface area contributed by atoms with E-state index in [4.69, 9.17) is 15.2 Å². The Hall–Kier alpha value is -2.51. The summed E-state index contributed by atoms with van der Waals surface area (Å²) in [6.45, 7) is 0. The van der Waals surface area contributed by atoms with Gasteiger partial charge in [-0.05, 0) is 12.1 Å². The highest BCUT2D eigenvalue weighted by Gasteiger charge is 2.34. The van der Waals surface area contributed by atoms with Crippen molar-refractivity contribution in [3.8, 4) is 17.5 Å². The molecule has 0 aliphatic rings. The molecule has 20 heavy (non-hydrogen) atoms. The van der Waals surface area contributed by atoms with Gasteiger partial charge in [-0.25, -0.2) is 0 Å².